The molecule has 1 heterocycles. The van der Waals surface area contributed by atoms with Crippen molar-refractivity contribution in [2.45, 2.75) is 19.3 Å². The average Bonchev–Trinajstić information content (AvgIpc) is 2.33. The van der Waals surface area contributed by atoms with Crippen molar-refractivity contribution in [2.24, 2.45) is 0 Å². The van der Waals surface area contributed by atoms with Gasteiger partial charge in [0.25, 0.3) is 0 Å². The minimum absolute atomic E-state index is 1.25. The van der Waals surface area contributed by atoms with Crippen LogP contribution in [0.25, 0.3) is 0 Å². The van der Waals surface area contributed by atoms with Gasteiger partial charge in [0.1, 0.15) is 0 Å². The lowest BCUT2D eigenvalue weighted by Crippen LogP contribution is -2.43. The Morgan fingerprint density at radius 2 is 1.12 bits per heavy atom. The fourth-order valence-corrected chi connectivity index (χ4v) is 1.54. The largest absolute Gasteiger partial charge is 0.383 e. The maximum atomic E-state index is 8.09. The van der Waals surface area contributed by atoms with Crippen molar-refractivity contribution in [3.8, 4) is 23.9 Å². The Kier molecular flexibility index (Phi) is 5.77. The molecular formula is C11H16BN5. The minimum atomic E-state index is -2.72. The van der Waals surface area contributed by atoms with Crippen molar-refractivity contribution in [3.05, 3.63) is 0 Å². The van der Waals surface area contributed by atoms with Crippen LogP contribution in [0.2, 0.25) is 0 Å². The van der Waals surface area contributed by atoms with Crippen molar-refractivity contribution in [3.63, 3.8) is 0 Å². The Hall–Kier alpha value is -2.02. The molecule has 0 saturated carbocycles. The van der Waals surface area contributed by atoms with Gasteiger partial charge in [-0.3, -0.25) is 0 Å². The molecular weight excluding hydrogens is 213 g/mol. The molecule has 0 N–H and O–H groups in total. The van der Waals surface area contributed by atoms with E-state index < -0.39 is 6.15 Å². The summed E-state index contributed by atoms with van der Waals surface area (Å²) in [5.41, 5.74) is 0. The van der Waals surface area contributed by atoms with E-state index in [-0.39, 0.29) is 0 Å². The van der Waals surface area contributed by atoms with Crippen molar-refractivity contribution in [2.75, 3.05) is 27.2 Å². The summed E-state index contributed by atoms with van der Waals surface area (Å²) in [5.74, 6) is 5.38. The molecule has 0 aromatic rings. The van der Waals surface area contributed by atoms with Gasteiger partial charge in [-0.1, -0.05) is 0 Å². The molecule has 0 atom stereocenters. The molecule has 1 rings (SSSR count). The first-order valence-electron chi connectivity index (χ1n) is 5.58. The van der Waals surface area contributed by atoms with Crippen LogP contribution in [0.15, 0.2) is 0 Å². The Labute approximate surface area is 103 Å². The first-order valence-corrected chi connectivity index (χ1v) is 5.58. The first-order chi connectivity index (χ1) is 7.95. The number of rotatable bonds is 0. The molecule has 0 aliphatic carbocycles. The zero-order valence-corrected chi connectivity index (χ0v) is 10.3. The number of nitriles is 4. The third-order valence-corrected chi connectivity index (χ3v) is 2.80. The van der Waals surface area contributed by atoms with Gasteiger partial charge in [0, 0.05) is 0 Å². The quantitative estimate of drug-likeness (QED) is 0.456. The Morgan fingerprint density at radius 1 is 0.765 bits per heavy atom. The summed E-state index contributed by atoms with van der Waals surface area (Å²) in [7, 11) is 4.64. The predicted molar refractivity (Wildman–Crippen MR) is 63.9 cm³/mol. The van der Waals surface area contributed by atoms with Gasteiger partial charge in [0.05, 0.1) is 27.2 Å². The maximum Gasteiger partial charge on any atom is 0.383 e. The van der Waals surface area contributed by atoms with Gasteiger partial charge in [0.15, 0.2) is 0 Å². The molecule has 88 valence electrons. The zero-order valence-electron chi connectivity index (χ0n) is 10.3. The lowest BCUT2D eigenvalue weighted by Gasteiger charge is -2.33. The molecule has 0 aromatic heterocycles. The van der Waals surface area contributed by atoms with Crippen LogP contribution < -0.4 is 0 Å². The molecule has 1 aliphatic heterocycles. The SMILES string of the molecule is C[N+]1(C)CCCCC1.N#C[B-](C#N)(C#N)C#N. The lowest BCUT2D eigenvalue weighted by molar-refractivity contribution is -0.894. The normalized spacial score (nSPS) is 17.1. The molecule has 6 heteroatoms. The van der Waals surface area contributed by atoms with E-state index in [4.69, 9.17) is 21.0 Å². The summed E-state index contributed by atoms with van der Waals surface area (Å²) >= 11 is 0. The third kappa shape index (κ3) is 5.03. The van der Waals surface area contributed by atoms with Crippen LogP contribution >= 0.6 is 0 Å². The molecule has 5 nitrogen and oxygen atoms in total. The zero-order chi connectivity index (χ0) is 13.4. The van der Waals surface area contributed by atoms with E-state index in [2.05, 4.69) is 14.1 Å². The summed E-state index contributed by atoms with van der Waals surface area (Å²) in [4.78, 5) is 0. The van der Waals surface area contributed by atoms with E-state index in [0.717, 1.165) is 0 Å². The summed E-state index contributed by atoms with van der Waals surface area (Å²) < 4.78 is 1.25. The van der Waals surface area contributed by atoms with Crippen LogP contribution in [0.1, 0.15) is 19.3 Å². The molecule has 1 aliphatic rings. The number of hydrogen-bond donors (Lipinski definition) is 0. The second kappa shape index (κ2) is 6.54. The van der Waals surface area contributed by atoms with Crippen molar-refractivity contribution in [1.29, 1.82) is 21.0 Å². The standard InChI is InChI=1S/C7H16N.C4BN4/c1-8(2)6-4-3-5-7-8;6-1-5(2-7,3-8)4-9/h3-7H2,1-2H3;/q+1;-1. The molecule has 0 radical (unpaired) electrons. The second-order valence-electron chi connectivity index (χ2n) is 4.83. The Morgan fingerprint density at radius 3 is 1.24 bits per heavy atom. The Balaban J connectivity index is 0.000000302. The fourth-order valence-electron chi connectivity index (χ4n) is 1.54. The van der Waals surface area contributed by atoms with Crippen LogP contribution in [0.5, 0.6) is 0 Å². The van der Waals surface area contributed by atoms with Crippen LogP contribution in [-0.2, 0) is 0 Å². The van der Waals surface area contributed by atoms with E-state index in [9.17, 15) is 0 Å². The van der Waals surface area contributed by atoms with E-state index >= 15 is 0 Å². The molecule has 0 unspecified atom stereocenters. The van der Waals surface area contributed by atoms with Crippen molar-refractivity contribution < 1.29 is 4.48 Å². The lowest BCUT2D eigenvalue weighted by atomic mass is 9.30. The molecule has 0 amide bonds. The van der Waals surface area contributed by atoms with Crippen molar-refractivity contribution in [1.82, 2.24) is 0 Å². The second-order valence-corrected chi connectivity index (χ2v) is 4.83. The van der Waals surface area contributed by atoms with Crippen LogP contribution in [0.4, 0.5) is 0 Å². The maximum absolute atomic E-state index is 8.09. The smallest absolute Gasteiger partial charge is 0.328 e. The van der Waals surface area contributed by atoms with Gasteiger partial charge in [-0.2, -0.15) is 0 Å². The summed E-state index contributed by atoms with van der Waals surface area (Å²) in [6, 6.07) is 0. The van der Waals surface area contributed by atoms with E-state index in [1.807, 2.05) is 0 Å². The van der Waals surface area contributed by atoms with Gasteiger partial charge in [-0.05, 0) is 19.3 Å². The van der Waals surface area contributed by atoms with E-state index in [0.29, 0.717) is 0 Å². The number of hydrogen-bond acceptors (Lipinski definition) is 4. The van der Waals surface area contributed by atoms with E-state index in [1.54, 1.807) is 0 Å². The monoisotopic (exact) mass is 229 g/mol. The number of quaternary nitrogens is 1. The number of piperidine rings is 1. The van der Waals surface area contributed by atoms with Crippen LogP contribution in [0.3, 0.4) is 0 Å². The van der Waals surface area contributed by atoms with Crippen molar-refractivity contribution >= 4 is 6.15 Å². The van der Waals surface area contributed by atoms with Crippen LogP contribution in [0, 0.1) is 44.9 Å². The summed E-state index contributed by atoms with van der Waals surface area (Å²) in [5, 5.41) is 32.3. The van der Waals surface area contributed by atoms with Gasteiger partial charge in [-0.25, -0.2) is 21.0 Å². The first kappa shape index (κ1) is 15.0. The Bertz CT molecular complexity index is 346. The molecule has 0 spiro atoms. The minimum Gasteiger partial charge on any atom is -0.328 e. The highest BCUT2D eigenvalue weighted by atomic mass is 15.3. The molecule has 1 saturated heterocycles. The average molecular weight is 229 g/mol. The fraction of sp³-hybridized carbons (Fsp3) is 0.636. The van der Waals surface area contributed by atoms with Gasteiger partial charge in [0.2, 0.25) is 0 Å². The van der Waals surface area contributed by atoms with Gasteiger partial charge < -0.3 is 4.48 Å². The van der Waals surface area contributed by atoms with Crippen LogP contribution in [-0.4, -0.2) is 37.8 Å². The van der Waals surface area contributed by atoms with Gasteiger partial charge in [-0.15, -0.1) is 23.9 Å². The van der Waals surface area contributed by atoms with E-state index in [1.165, 1.54) is 60.7 Å². The molecule has 17 heavy (non-hydrogen) atoms. The highest BCUT2D eigenvalue weighted by molar-refractivity contribution is 7.05. The van der Waals surface area contributed by atoms with Gasteiger partial charge >= 0.3 is 6.15 Å². The molecule has 1 fully saturated rings. The number of nitrogens with zero attached hydrogens (tertiary/aromatic N) is 5. The predicted octanol–water partition coefficient (Wildman–Crippen LogP) is 0.933. The summed E-state index contributed by atoms with van der Waals surface area (Å²) in [6.07, 6.45) is 1.61. The third-order valence-electron chi connectivity index (χ3n) is 2.80. The topological polar surface area (TPSA) is 95.2 Å². The highest BCUT2D eigenvalue weighted by Crippen LogP contribution is 2.12. The molecule has 0 aromatic carbocycles. The number of likely N-dealkylation sites (tertiary alicyclic amines) is 1. The highest BCUT2D eigenvalue weighted by Gasteiger charge is 2.22. The molecule has 0 bridgehead atoms. The summed E-state index contributed by atoms with van der Waals surface area (Å²) in [6.45, 7) is 2.78.